The highest BCUT2D eigenvalue weighted by Gasteiger charge is 2.19. The van der Waals surface area contributed by atoms with Gasteiger partial charge in [0, 0.05) is 27.7 Å². The molecule has 0 amide bonds. The predicted molar refractivity (Wildman–Crippen MR) is 194 cm³/mol. The van der Waals surface area contributed by atoms with Crippen molar-refractivity contribution in [3.05, 3.63) is 182 Å². The Kier molecular flexibility index (Phi) is 8.61. The number of fused-ring (bicyclic) bond motifs is 3. The molecule has 0 bridgehead atoms. The summed E-state index contributed by atoms with van der Waals surface area (Å²) in [5, 5.41) is 5.99. The summed E-state index contributed by atoms with van der Waals surface area (Å²) in [6.07, 6.45) is 16.4. The Morgan fingerprint density at radius 1 is 0.756 bits per heavy atom. The van der Waals surface area contributed by atoms with E-state index in [2.05, 4.69) is 115 Å². The Labute approximate surface area is 265 Å². The van der Waals surface area contributed by atoms with Crippen molar-refractivity contribution in [2.45, 2.75) is 13.3 Å². The van der Waals surface area contributed by atoms with Crippen LogP contribution in [0.4, 0.5) is 11.4 Å². The molecule has 0 saturated heterocycles. The quantitative estimate of drug-likeness (QED) is 0.154. The minimum Gasteiger partial charge on any atom is -0.461 e. The number of hydrogen-bond acceptors (Lipinski definition) is 2. The largest absolute Gasteiger partial charge is 0.461 e. The van der Waals surface area contributed by atoms with Crippen LogP contribution in [0.15, 0.2) is 164 Å². The molecule has 220 valence electrons. The molecule has 4 aromatic carbocycles. The van der Waals surface area contributed by atoms with E-state index >= 15 is 0 Å². The van der Waals surface area contributed by atoms with E-state index in [-0.39, 0.29) is 0 Å². The van der Waals surface area contributed by atoms with E-state index in [0.717, 1.165) is 57.2 Å². The van der Waals surface area contributed by atoms with Gasteiger partial charge in [0.15, 0.2) is 0 Å². The van der Waals surface area contributed by atoms with Crippen molar-refractivity contribution in [1.82, 2.24) is 4.57 Å². The standard InChI is InChI=1S/C42H36N2O/c1-5-8-9-10-12-18-33-27-31(23-25-39(33)43-34-19-13-11-14-20-34)32-24-26-42-38(28-32)36-21-15-16-22-41(36)44(42)40(17-6-2)37-29-35(7-3)45-30(37)4/h5-17,19-29,43H,1-3,18H2,4H3/b9-8-,12-10-,40-17+. The average Bonchev–Trinajstić information content (AvgIpc) is 3.61. The highest BCUT2D eigenvalue weighted by atomic mass is 16.3. The lowest BCUT2D eigenvalue weighted by Crippen LogP contribution is -1.99. The van der Waals surface area contributed by atoms with Crippen LogP contribution in [0.2, 0.25) is 0 Å². The fraction of sp³-hybridized carbons (Fsp3) is 0.0476. The van der Waals surface area contributed by atoms with E-state index in [1.807, 2.05) is 55.5 Å². The fourth-order valence-corrected chi connectivity index (χ4v) is 5.83. The second-order valence-corrected chi connectivity index (χ2v) is 10.8. The molecule has 3 nitrogen and oxygen atoms in total. The number of rotatable bonds is 11. The van der Waals surface area contributed by atoms with Gasteiger partial charge in [0.25, 0.3) is 0 Å². The minimum absolute atomic E-state index is 0.744. The Morgan fingerprint density at radius 2 is 1.51 bits per heavy atom. The Hall–Kier alpha value is -5.80. The SMILES string of the molecule is C=C/C=C\C=C/Cc1cc(-c2ccc3c(c2)c2ccccc2n3/C(=C/C=C)c2cc(C=C)oc2C)ccc1Nc1ccccc1. The lowest BCUT2D eigenvalue weighted by atomic mass is 9.98. The first-order valence-corrected chi connectivity index (χ1v) is 15.1. The topological polar surface area (TPSA) is 30.1 Å². The van der Waals surface area contributed by atoms with Crippen molar-refractivity contribution in [2.75, 3.05) is 5.32 Å². The van der Waals surface area contributed by atoms with E-state index in [4.69, 9.17) is 4.42 Å². The lowest BCUT2D eigenvalue weighted by molar-refractivity contribution is 0.524. The third kappa shape index (κ3) is 6.02. The summed E-state index contributed by atoms with van der Waals surface area (Å²) in [5.74, 6) is 1.58. The van der Waals surface area contributed by atoms with E-state index in [1.165, 1.54) is 21.9 Å². The third-order valence-corrected chi connectivity index (χ3v) is 7.93. The van der Waals surface area contributed by atoms with Gasteiger partial charge in [0.05, 0.1) is 16.7 Å². The molecule has 2 aromatic heterocycles. The van der Waals surface area contributed by atoms with E-state index < -0.39 is 0 Å². The summed E-state index contributed by atoms with van der Waals surface area (Å²) < 4.78 is 8.28. The molecule has 2 heterocycles. The molecule has 0 atom stereocenters. The van der Waals surface area contributed by atoms with Gasteiger partial charge >= 0.3 is 0 Å². The molecule has 6 aromatic rings. The number of aromatic nitrogens is 1. The maximum atomic E-state index is 5.97. The lowest BCUT2D eigenvalue weighted by Gasteiger charge is -2.14. The van der Waals surface area contributed by atoms with E-state index in [9.17, 15) is 0 Å². The first-order chi connectivity index (χ1) is 22.1. The Balaban J connectivity index is 1.47. The van der Waals surface area contributed by atoms with Crippen LogP contribution in [0.25, 0.3) is 44.7 Å². The minimum atomic E-state index is 0.744. The van der Waals surface area contributed by atoms with Gasteiger partial charge in [-0.15, -0.1) is 0 Å². The predicted octanol–water partition coefficient (Wildman–Crippen LogP) is 11.7. The van der Waals surface area contributed by atoms with Gasteiger partial charge in [-0.3, -0.25) is 0 Å². The van der Waals surface area contributed by atoms with E-state index in [0.29, 0.717) is 0 Å². The molecule has 0 aliphatic rings. The zero-order valence-electron chi connectivity index (χ0n) is 25.5. The third-order valence-electron chi connectivity index (χ3n) is 7.93. The number of nitrogens with zero attached hydrogens (tertiary/aromatic N) is 1. The number of para-hydroxylation sites is 2. The van der Waals surface area contributed by atoms with Crippen LogP contribution >= 0.6 is 0 Å². The molecular weight excluding hydrogens is 548 g/mol. The summed E-state index contributed by atoms with van der Waals surface area (Å²) in [4.78, 5) is 0. The number of anilines is 2. The van der Waals surface area contributed by atoms with Gasteiger partial charge in [0.1, 0.15) is 11.5 Å². The maximum Gasteiger partial charge on any atom is 0.127 e. The molecular formula is C42H36N2O. The molecule has 0 aliphatic carbocycles. The number of furan rings is 1. The second-order valence-electron chi connectivity index (χ2n) is 10.8. The maximum absolute atomic E-state index is 5.97. The van der Waals surface area contributed by atoms with Crippen LogP contribution in [0, 0.1) is 6.92 Å². The van der Waals surface area contributed by atoms with Crippen molar-refractivity contribution in [2.24, 2.45) is 0 Å². The summed E-state index contributed by atoms with van der Waals surface area (Å²) in [5.41, 5.74) is 9.96. The molecule has 0 radical (unpaired) electrons. The number of aryl methyl sites for hydroxylation is 1. The highest BCUT2D eigenvalue weighted by Crippen LogP contribution is 2.38. The second kappa shape index (κ2) is 13.2. The molecule has 0 unspecified atom stereocenters. The van der Waals surface area contributed by atoms with E-state index in [1.54, 1.807) is 12.2 Å². The van der Waals surface area contributed by atoms with Gasteiger partial charge in [0.2, 0.25) is 0 Å². The highest BCUT2D eigenvalue weighted by molar-refractivity contribution is 6.12. The van der Waals surface area contributed by atoms with Gasteiger partial charge in [-0.2, -0.15) is 0 Å². The zero-order valence-corrected chi connectivity index (χ0v) is 25.5. The summed E-state index contributed by atoms with van der Waals surface area (Å²) in [7, 11) is 0. The molecule has 45 heavy (non-hydrogen) atoms. The normalized spacial score (nSPS) is 12.0. The van der Waals surface area contributed by atoms with Crippen molar-refractivity contribution >= 4 is 45.0 Å². The first kappa shape index (κ1) is 29.3. The monoisotopic (exact) mass is 584 g/mol. The van der Waals surface area contributed by atoms with Gasteiger partial charge < -0.3 is 14.3 Å². The first-order valence-electron chi connectivity index (χ1n) is 15.1. The van der Waals surface area contributed by atoms with Crippen molar-refractivity contribution < 1.29 is 4.42 Å². The smallest absolute Gasteiger partial charge is 0.127 e. The van der Waals surface area contributed by atoms with Gasteiger partial charge in [-0.25, -0.2) is 0 Å². The molecule has 0 fully saturated rings. The molecule has 6 rings (SSSR count). The Morgan fingerprint density at radius 3 is 2.29 bits per heavy atom. The summed E-state index contributed by atoms with van der Waals surface area (Å²) in [6, 6.07) is 34.3. The van der Waals surface area contributed by atoms with Crippen LogP contribution in [0.1, 0.15) is 22.6 Å². The van der Waals surface area contributed by atoms with Crippen LogP contribution in [-0.2, 0) is 6.42 Å². The zero-order chi connectivity index (χ0) is 31.2. The molecule has 0 aliphatic heterocycles. The number of nitrogens with one attached hydrogen (secondary N) is 1. The van der Waals surface area contributed by atoms with Crippen molar-refractivity contribution in [3.8, 4) is 11.1 Å². The number of benzene rings is 4. The molecule has 0 saturated carbocycles. The average molecular weight is 585 g/mol. The van der Waals surface area contributed by atoms with Gasteiger partial charge in [-0.1, -0.05) is 105 Å². The molecule has 0 spiro atoms. The number of allylic oxidation sites excluding steroid dienone is 7. The van der Waals surface area contributed by atoms with Crippen LogP contribution in [0.5, 0.6) is 0 Å². The van der Waals surface area contributed by atoms with Crippen LogP contribution < -0.4 is 5.32 Å². The fourth-order valence-electron chi connectivity index (χ4n) is 5.83. The Bertz CT molecular complexity index is 2120. The summed E-state index contributed by atoms with van der Waals surface area (Å²) in [6.45, 7) is 13.7. The number of hydrogen-bond donors (Lipinski definition) is 1. The van der Waals surface area contributed by atoms with Gasteiger partial charge in [-0.05, 0) is 90.7 Å². The summed E-state index contributed by atoms with van der Waals surface area (Å²) >= 11 is 0. The molecule has 1 N–H and O–H groups in total. The van der Waals surface area contributed by atoms with Crippen LogP contribution in [0.3, 0.4) is 0 Å². The van der Waals surface area contributed by atoms with Crippen molar-refractivity contribution in [1.29, 1.82) is 0 Å². The van der Waals surface area contributed by atoms with Crippen LogP contribution in [-0.4, -0.2) is 4.57 Å². The molecule has 3 heteroatoms. The van der Waals surface area contributed by atoms with Crippen molar-refractivity contribution in [3.63, 3.8) is 0 Å².